The fourth-order valence-electron chi connectivity index (χ4n) is 1.96. The van der Waals surface area contributed by atoms with Gasteiger partial charge in [0.25, 0.3) is 15.9 Å². The van der Waals surface area contributed by atoms with Gasteiger partial charge in [-0.2, -0.15) is 8.42 Å². The molecule has 8 heteroatoms. The molecule has 1 saturated heterocycles. The number of thioether (sulfide) groups is 1. The number of hydrogen-bond acceptors (Lipinski definition) is 5. The molecule has 0 aliphatic carbocycles. The van der Waals surface area contributed by atoms with Crippen LogP contribution in [0.15, 0.2) is 63.0 Å². The molecule has 1 aliphatic heterocycles. The zero-order valence-electron chi connectivity index (χ0n) is 12.6. The van der Waals surface area contributed by atoms with E-state index in [0.717, 1.165) is 22.9 Å². The van der Waals surface area contributed by atoms with Gasteiger partial charge in [-0.15, -0.1) is 4.40 Å². The van der Waals surface area contributed by atoms with Crippen molar-refractivity contribution >= 4 is 38.9 Å². The number of pyridine rings is 1. The number of rotatable bonds is 3. The van der Waals surface area contributed by atoms with Crippen molar-refractivity contribution in [3.8, 4) is 0 Å². The maximum absolute atomic E-state index is 12.3. The highest BCUT2D eigenvalue weighted by atomic mass is 32.2. The highest BCUT2D eigenvalue weighted by Crippen LogP contribution is 2.27. The van der Waals surface area contributed by atoms with Crippen LogP contribution >= 0.6 is 11.8 Å². The molecule has 0 unspecified atom stereocenters. The fraction of sp³-hybridized carbons (Fsp3) is 0.0625. The lowest BCUT2D eigenvalue weighted by Gasteiger charge is -2.00. The van der Waals surface area contributed by atoms with Gasteiger partial charge in [-0.3, -0.25) is 15.1 Å². The summed E-state index contributed by atoms with van der Waals surface area (Å²) >= 11 is 0.982. The molecule has 1 fully saturated rings. The summed E-state index contributed by atoms with van der Waals surface area (Å²) in [7, 11) is -3.87. The Bertz CT molecular complexity index is 934. The Morgan fingerprint density at radius 3 is 2.62 bits per heavy atom. The van der Waals surface area contributed by atoms with E-state index < -0.39 is 10.0 Å². The average Bonchev–Trinajstić information content (AvgIpc) is 2.87. The molecule has 0 bridgehead atoms. The van der Waals surface area contributed by atoms with Gasteiger partial charge in [-0.1, -0.05) is 23.8 Å². The van der Waals surface area contributed by atoms with Crippen LogP contribution in [0.25, 0.3) is 6.08 Å². The second-order valence-corrected chi connectivity index (χ2v) is 7.67. The third-order valence-electron chi connectivity index (χ3n) is 3.15. The number of aromatic nitrogens is 1. The highest BCUT2D eigenvalue weighted by Gasteiger charge is 2.26. The van der Waals surface area contributed by atoms with Crippen molar-refractivity contribution in [1.82, 2.24) is 10.3 Å². The molecular formula is C16H13N3O3S2. The first kappa shape index (κ1) is 16.4. The molecule has 0 atom stereocenters. The Morgan fingerprint density at radius 1 is 1.21 bits per heavy atom. The predicted molar refractivity (Wildman–Crippen MR) is 93.7 cm³/mol. The first-order chi connectivity index (χ1) is 11.4. The Balaban J connectivity index is 1.86. The van der Waals surface area contributed by atoms with E-state index >= 15 is 0 Å². The van der Waals surface area contributed by atoms with Gasteiger partial charge < -0.3 is 0 Å². The van der Waals surface area contributed by atoms with E-state index in [-0.39, 0.29) is 16.0 Å². The van der Waals surface area contributed by atoms with Crippen LogP contribution in [-0.2, 0) is 14.8 Å². The number of nitrogens with one attached hydrogen (secondary N) is 1. The number of amides is 1. The number of hydrogen-bond donors (Lipinski definition) is 1. The van der Waals surface area contributed by atoms with Crippen molar-refractivity contribution in [2.45, 2.75) is 11.8 Å². The summed E-state index contributed by atoms with van der Waals surface area (Å²) < 4.78 is 28.3. The van der Waals surface area contributed by atoms with E-state index in [0.29, 0.717) is 4.91 Å². The SMILES string of the molecule is Cc1ccc(S(=O)(=O)/N=C2/NC(=O)/C(=C\c3cccnc3)S2)cc1. The Hall–Kier alpha value is -2.45. The summed E-state index contributed by atoms with van der Waals surface area (Å²) in [5, 5.41) is 2.51. The Kier molecular flexibility index (Phi) is 4.50. The van der Waals surface area contributed by atoms with Crippen molar-refractivity contribution in [3.63, 3.8) is 0 Å². The third-order valence-corrected chi connectivity index (χ3v) is 5.47. The van der Waals surface area contributed by atoms with Gasteiger partial charge in [-0.25, -0.2) is 0 Å². The van der Waals surface area contributed by atoms with Crippen LogP contribution in [0.5, 0.6) is 0 Å². The number of nitrogens with zero attached hydrogens (tertiary/aromatic N) is 2. The molecule has 0 spiro atoms. The van der Waals surface area contributed by atoms with Crippen molar-refractivity contribution in [3.05, 3.63) is 64.8 Å². The third kappa shape index (κ3) is 3.72. The van der Waals surface area contributed by atoms with E-state index in [4.69, 9.17) is 0 Å². The summed E-state index contributed by atoms with van der Waals surface area (Å²) in [6.45, 7) is 1.87. The highest BCUT2D eigenvalue weighted by molar-refractivity contribution is 8.19. The van der Waals surface area contributed by atoms with Crippen LogP contribution in [0.4, 0.5) is 0 Å². The number of amidine groups is 1. The molecule has 3 rings (SSSR count). The van der Waals surface area contributed by atoms with Gasteiger partial charge in [-0.05, 0) is 48.5 Å². The van der Waals surface area contributed by atoms with Gasteiger partial charge in [0.2, 0.25) is 0 Å². The first-order valence-corrected chi connectivity index (χ1v) is 9.22. The maximum Gasteiger partial charge on any atom is 0.284 e. The standard InChI is InChI=1S/C16H13N3O3S2/c1-11-4-6-13(7-5-11)24(21,22)19-16-18-15(20)14(23-16)9-12-3-2-8-17-10-12/h2-10H,1H3,(H,18,19,20)/b14-9+. The summed E-state index contributed by atoms with van der Waals surface area (Å²) in [6.07, 6.45) is 4.87. The summed E-state index contributed by atoms with van der Waals surface area (Å²) in [4.78, 5) is 16.4. The molecule has 2 aromatic rings. The Morgan fingerprint density at radius 2 is 1.96 bits per heavy atom. The maximum atomic E-state index is 12.3. The quantitative estimate of drug-likeness (QED) is 0.850. The Labute approximate surface area is 143 Å². The molecule has 24 heavy (non-hydrogen) atoms. The van der Waals surface area contributed by atoms with Gasteiger partial charge in [0.1, 0.15) is 0 Å². The zero-order chi connectivity index (χ0) is 17.2. The van der Waals surface area contributed by atoms with Gasteiger partial charge in [0.15, 0.2) is 5.17 Å². The number of benzene rings is 1. The molecule has 0 radical (unpaired) electrons. The second-order valence-electron chi connectivity index (χ2n) is 5.04. The molecule has 2 heterocycles. The van der Waals surface area contributed by atoms with Crippen LogP contribution in [0.3, 0.4) is 0 Å². The molecule has 1 N–H and O–H groups in total. The average molecular weight is 359 g/mol. The minimum Gasteiger partial charge on any atom is -0.300 e. The summed E-state index contributed by atoms with van der Waals surface area (Å²) in [5.74, 6) is -0.387. The first-order valence-electron chi connectivity index (χ1n) is 6.97. The van der Waals surface area contributed by atoms with Crippen molar-refractivity contribution in [2.75, 3.05) is 0 Å². The number of carbonyl (C=O) groups is 1. The van der Waals surface area contributed by atoms with E-state index in [2.05, 4.69) is 14.7 Å². The molecule has 1 aromatic carbocycles. The predicted octanol–water partition coefficient (Wildman–Crippen LogP) is 2.34. The van der Waals surface area contributed by atoms with Crippen molar-refractivity contribution in [2.24, 2.45) is 4.40 Å². The van der Waals surface area contributed by atoms with Gasteiger partial charge in [0.05, 0.1) is 9.80 Å². The van der Waals surface area contributed by atoms with Crippen LogP contribution < -0.4 is 5.32 Å². The van der Waals surface area contributed by atoms with Crippen LogP contribution in [0, 0.1) is 6.92 Å². The number of carbonyl (C=O) groups excluding carboxylic acids is 1. The minimum absolute atomic E-state index is 0.0377. The second kappa shape index (κ2) is 6.58. The van der Waals surface area contributed by atoms with Crippen molar-refractivity contribution < 1.29 is 13.2 Å². The largest absolute Gasteiger partial charge is 0.300 e. The summed E-state index contributed by atoms with van der Waals surface area (Å²) in [5.41, 5.74) is 1.70. The topological polar surface area (TPSA) is 88.5 Å². The van der Waals surface area contributed by atoms with E-state index in [1.54, 1.807) is 42.7 Å². The lowest BCUT2D eigenvalue weighted by atomic mass is 10.2. The smallest absolute Gasteiger partial charge is 0.284 e. The molecule has 1 aromatic heterocycles. The molecule has 6 nitrogen and oxygen atoms in total. The van der Waals surface area contributed by atoms with Gasteiger partial charge in [0, 0.05) is 12.4 Å². The lowest BCUT2D eigenvalue weighted by Crippen LogP contribution is -2.20. The van der Waals surface area contributed by atoms with Crippen LogP contribution in [-0.4, -0.2) is 24.5 Å². The normalized spacial score (nSPS) is 18.1. The van der Waals surface area contributed by atoms with E-state index in [1.165, 1.54) is 12.1 Å². The zero-order valence-corrected chi connectivity index (χ0v) is 14.3. The fourth-order valence-corrected chi connectivity index (χ4v) is 3.94. The molecular weight excluding hydrogens is 346 g/mol. The molecule has 122 valence electrons. The van der Waals surface area contributed by atoms with E-state index in [1.807, 2.05) is 6.92 Å². The molecule has 0 saturated carbocycles. The minimum atomic E-state index is -3.87. The molecule has 1 aliphatic rings. The van der Waals surface area contributed by atoms with Crippen LogP contribution in [0.2, 0.25) is 0 Å². The summed E-state index contributed by atoms with van der Waals surface area (Å²) in [6, 6.07) is 9.92. The van der Waals surface area contributed by atoms with Gasteiger partial charge >= 0.3 is 0 Å². The lowest BCUT2D eigenvalue weighted by molar-refractivity contribution is -0.115. The van der Waals surface area contributed by atoms with E-state index in [9.17, 15) is 13.2 Å². The number of aryl methyl sites for hydroxylation is 1. The number of sulfonamides is 1. The monoisotopic (exact) mass is 359 g/mol. The van der Waals surface area contributed by atoms with Crippen LogP contribution in [0.1, 0.15) is 11.1 Å². The molecule has 1 amide bonds. The van der Waals surface area contributed by atoms with Crippen molar-refractivity contribution in [1.29, 1.82) is 0 Å².